The first-order valence-corrected chi connectivity index (χ1v) is 8.54. The maximum Gasteiger partial charge on any atom is 0.225 e. The van der Waals surface area contributed by atoms with Gasteiger partial charge in [-0.1, -0.05) is 6.42 Å². The molecule has 0 bridgehead atoms. The normalized spacial score (nSPS) is 19.0. The lowest BCUT2D eigenvalue weighted by atomic mass is 9.84. The quantitative estimate of drug-likeness (QED) is 0.856. The second-order valence-corrected chi connectivity index (χ2v) is 6.76. The third-order valence-electron chi connectivity index (χ3n) is 5.18. The molecule has 1 aromatic rings. The standard InChI is InChI=1S/C18H24N4O/c1-21(18(23)15-4-2-5-15)13-14-7-10-22(11-8-14)17-16(12-19)6-3-9-20-17/h3,6,9,14-15H,2,4-5,7-8,10-11,13H2,1H3. The number of nitriles is 1. The van der Waals surface area contributed by atoms with Crippen molar-refractivity contribution in [1.82, 2.24) is 9.88 Å². The molecule has 0 unspecified atom stereocenters. The Bertz CT molecular complexity index is 597. The molecule has 1 aromatic heterocycles. The van der Waals surface area contributed by atoms with Gasteiger partial charge in [-0.3, -0.25) is 4.79 Å². The van der Waals surface area contributed by atoms with Gasteiger partial charge in [0.25, 0.3) is 0 Å². The third-order valence-corrected chi connectivity index (χ3v) is 5.18. The van der Waals surface area contributed by atoms with Gasteiger partial charge in [-0.15, -0.1) is 0 Å². The summed E-state index contributed by atoms with van der Waals surface area (Å²) in [5, 5.41) is 9.20. The number of anilines is 1. The van der Waals surface area contributed by atoms with Crippen molar-refractivity contribution in [1.29, 1.82) is 5.26 Å². The molecule has 0 spiro atoms. The minimum absolute atomic E-state index is 0.284. The average molecular weight is 312 g/mol. The number of rotatable bonds is 4. The lowest BCUT2D eigenvalue weighted by Crippen LogP contribution is -2.42. The molecule has 5 nitrogen and oxygen atoms in total. The van der Waals surface area contributed by atoms with Crippen LogP contribution >= 0.6 is 0 Å². The zero-order valence-electron chi connectivity index (χ0n) is 13.7. The highest BCUT2D eigenvalue weighted by Crippen LogP contribution is 2.29. The van der Waals surface area contributed by atoms with Gasteiger partial charge in [-0.25, -0.2) is 4.98 Å². The maximum absolute atomic E-state index is 12.2. The van der Waals surface area contributed by atoms with Gasteiger partial charge in [-0.05, 0) is 43.7 Å². The van der Waals surface area contributed by atoms with Gasteiger partial charge in [0, 0.05) is 38.8 Å². The van der Waals surface area contributed by atoms with E-state index in [9.17, 15) is 10.1 Å². The second-order valence-electron chi connectivity index (χ2n) is 6.76. The van der Waals surface area contributed by atoms with E-state index in [4.69, 9.17) is 0 Å². The summed E-state index contributed by atoms with van der Waals surface area (Å²) in [5.74, 6) is 1.96. The Hall–Kier alpha value is -2.09. The molecule has 0 aromatic carbocycles. The van der Waals surface area contributed by atoms with E-state index in [1.807, 2.05) is 18.0 Å². The number of carbonyl (C=O) groups excluding carboxylic acids is 1. The van der Waals surface area contributed by atoms with E-state index in [-0.39, 0.29) is 5.92 Å². The molecule has 0 atom stereocenters. The fourth-order valence-electron chi connectivity index (χ4n) is 3.51. The number of aromatic nitrogens is 1. The van der Waals surface area contributed by atoms with E-state index in [0.717, 1.165) is 51.1 Å². The first kappa shape index (κ1) is 15.8. The summed E-state index contributed by atoms with van der Waals surface area (Å²) in [7, 11) is 1.94. The maximum atomic E-state index is 12.2. The van der Waals surface area contributed by atoms with Crippen molar-refractivity contribution in [2.75, 3.05) is 31.6 Å². The molecule has 23 heavy (non-hydrogen) atoms. The van der Waals surface area contributed by atoms with Crippen molar-refractivity contribution in [2.24, 2.45) is 11.8 Å². The first-order chi connectivity index (χ1) is 11.2. The largest absolute Gasteiger partial charge is 0.356 e. The van der Waals surface area contributed by atoms with Crippen molar-refractivity contribution in [3.63, 3.8) is 0 Å². The Morgan fingerprint density at radius 1 is 1.39 bits per heavy atom. The van der Waals surface area contributed by atoms with Crippen LogP contribution in [-0.2, 0) is 4.79 Å². The van der Waals surface area contributed by atoms with Crippen LogP contribution in [0, 0.1) is 23.2 Å². The Balaban J connectivity index is 1.52. The highest BCUT2D eigenvalue weighted by atomic mass is 16.2. The Kier molecular flexibility index (Phi) is 4.80. The van der Waals surface area contributed by atoms with Crippen LogP contribution in [0.2, 0.25) is 0 Å². The fraction of sp³-hybridized carbons (Fsp3) is 0.611. The van der Waals surface area contributed by atoms with Gasteiger partial charge >= 0.3 is 0 Å². The lowest BCUT2D eigenvalue weighted by molar-refractivity contribution is -0.137. The van der Waals surface area contributed by atoms with Gasteiger partial charge in [0.05, 0.1) is 5.56 Å². The Morgan fingerprint density at radius 2 is 2.13 bits per heavy atom. The van der Waals surface area contributed by atoms with Crippen molar-refractivity contribution in [3.8, 4) is 6.07 Å². The first-order valence-electron chi connectivity index (χ1n) is 8.54. The summed E-state index contributed by atoms with van der Waals surface area (Å²) in [6, 6.07) is 5.84. The smallest absolute Gasteiger partial charge is 0.225 e. The number of carbonyl (C=O) groups is 1. The molecular weight excluding hydrogens is 288 g/mol. The van der Waals surface area contributed by atoms with Crippen LogP contribution in [0.1, 0.15) is 37.7 Å². The summed E-state index contributed by atoms with van der Waals surface area (Å²) in [6.07, 6.45) is 7.17. The van der Waals surface area contributed by atoms with Crippen LogP contribution < -0.4 is 4.90 Å². The van der Waals surface area contributed by atoms with Gasteiger partial charge in [0.15, 0.2) is 0 Å². The molecule has 5 heteroatoms. The van der Waals surface area contributed by atoms with Crippen molar-refractivity contribution in [3.05, 3.63) is 23.9 Å². The predicted octanol–water partition coefficient (Wildman–Crippen LogP) is 2.43. The lowest BCUT2D eigenvalue weighted by Gasteiger charge is -2.36. The van der Waals surface area contributed by atoms with E-state index in [1.54, 1.807) is 12.3 Å². The molecule has 2 aliphatic rings. The summed E-state index contributed by atoms with van der Waals surface area (Å²) < 4.78 is 0. The summed E-state index contributed by atoms with van der Waals surface area (Å²) in [4.78, 5) is 20.7. The molecular formula is C18H24N4O. The van der Waals surface area contributed by atoms with Crippen LogP contribution in [0.25, 0.3) is 0 Å². The number of hydrogen-bond acceptors (Lipinski definition) is 4. The van der Waals surface area contributed by atoms with Gasteiger partial charge in [0.2, 0.25) is 5.91 Å². The molecule has 0 N–H and O–H groups in total. The number of piperidine rings is 1. The monoisotopic (exact) mass is 312 g/mol. The topological polar surface area (TPSA) is 60.2 Å². The Morgan fingerprint density at radius 3 is 2.74 bits per heavy atom. The van der Waals surface area contributed by atoms with Crippen LogP contribution in [0.3, 0.4) is 0 Å². The summed E-state index contributed by atoms with van der Waals surface area (Å²) >= 11 is 0. The molecule has 122 valence electrons. The van der Waals surface area contributed by atoms with E-state index in [1.165, 1.54) is 6.42 Å². The van der Waals surface area contributed by atoms with Gasteiger partial charge in [0.1, 0.15) is 11.9 Å². The highest BCUT2D eigenvalue weighted by Gasteiger charge is 2.30. The minimum atomic E-state index is 0.284. The zero-order chi connectivity index (χ0) is 16.2. The minimum Gasteiger partial charge on any atom is -0.356 e. The SMILES string of the molecule is CN(CC1CCN(c2ncccc2C#N)CC1)C(=O)C1CCC1. The zero-order valence-corrected chi connectivity index (χ0v) is 13.7. The summed E-state index contributed by atoms with van der Waals surface area (Å²) in [5.41, 5.74) is 0.642. The van der Waals surface area contributed by atoms with Crippen molar-refractivity contribution < 1.29 is 4.79 Å². The average Bonchev–Trinajstić information content (AvgIpc) is 2.54. The fourth-order valence-corrected chi connectivity index (χ4v) is 3.51. The molecule has 1 saturated carbocycles. The highest BCUT2D eigenvalue weighted by molar-refractivity contribution is 5.79. The molecule has 2 heterocycles. The van der Waals surface area contributed by atoms with Crippen LogP contribution in [0.15, 0.2) is 18.3 Å². The second kappa shape index (κ2) is 6.99. The molecule has 3 rings (SSSR count). The van der Waals surface area contributed by atoms with Crippen molar-refractivity contribution in [2.45, 2.75) is 32.1 Å². The molecule has 1 aliphatic carbocycles. The number of nitrogens with zero attached hydrogens (tertiary/aromatic N) is 4. The van der Waals surface area contributed by atoms with Crippen LogP contribution in [0.5, 0.6) is 0 Å². The van der Waals surface area contributed by atoms with E-state index < -0.39 is 0 Å². The number of hydrogen-bond donors (Lipinski definition) is 0. The third kappa shape index (κ3) is 3.47. The molecule has 1 aliphatic heterocycles. The van der Waals surface area contributed by atoms with E-state index in [2.05, 4.69) is 16.0 Å². The number of pyridine rings is 1. The molecule has 2 fully saturated rings. The molecule has 1 amide bonds. The van der Waals surface area contributed by atoms with Crippen LogP contribution in [0.4, 0.5) is 5.82 Å². The summed E-state index contributed by atoms with van der Waals surface area (Å²) in [6.45, 7) is 2.67. The molecule has 1 saturated heterocycles. The number of amides is 1. The van der Waals surface area contributed by atoms with E-state index >= 15 is 0 Å². The van der Waals surface area contributed by atoms with Crippen LogP contribution in [-0.4, -0.2) is 42.5 Å². The predicted molar refractivity (Wildman–Crippen MR) is 88.9 cm³/mol. The van der Waals surface area contributed by atoms with Gasteiger partial charge in [-0.2, -0.15) is 5.26 Å². The van der Waals surface area contributed by atoms with Crippen molar-refractivity contribution >= 4 is 11.7 Å². The van der Waals surface area contributed by atoms with Gasteiger partial charge < -0.3 is 9.80 Å². The van der Waals surface area contributed by atoms with E-state index in [0.29, 0.717) is 17.4 Å². The Labute approximate surface area is 137 Å². The molecule has 0 radical (unpaired) electrons.